The van der Waals surface area contributed by atoms with Gasteiger partial charge in [-0.1, -0.05) is 0 Å². The van der Waals surface area contributed by atoms with Crippen molar-refractivity contribution in [3.8, 4) is 0 Å². The smallest absolute Gasteiger partial charge is 0.229 e. The van der Waals surface area contributed by atoms with E-state index in [9.17, 15) is 4.79 Å². The molecule has 1 aromatic rings. The third-order valence-corrected chi connectivity index (χ3v) is 3.20. The number of carbonyl (C=O) groups excluding carboxylic acids is 1. The van der Waals surface area contributed by atoms with Crippen molar-refractivity contribution in [2.24, 2.45) is 0 Å². The number of nitrogens with zero attached hydrogens (tertiary/aromatic N) is 2. The van der Waals surface area contributed by atoms with Gasteiger partial charge in [-0.3, -0.25) is 10.1 Å². The maximum atomic E-state index is 11.8. The predicted molar refractivity (Wildman–Crippen MR) is 76.6 cm³/mol. The zero-order valence-corrected chi connectivity index (χ0v) is 12.1. The van der Waals surface area contributed by atoms with Gasteiger partial charge in [0.05, 0.1) is 19.1 Å². The van der Waals surface area contributed by atoms with Crippen molar-refractivity contribution in [2.75, 3.05) is 25.0 Å². The molecule has 1 amide bonds. The fourth-order valence-corrected chi connectivity index (χ4v) is 2.25. The van der Waals surface area contributed by atoms with Gasteiger partial charge in [-0.15, -0.1) is 0 Å². The van der Waals surface area contributed by atoms with E-state index in [-0.39, 0.29) is 12.0 Å². The van der Waals surface area contributed by atoms with E-state index >= 15 is 0 Å². The number of ether oxygens (including phenoxy) is 1. The van der Waals surface area contributed by atoms with Crippen molar-refractivity contribution in [3.63, 3.8) is 0 Å². The van der Waals surface area contributed by atoms with E-state index in [1.54, 1.807) is 0 Å². The number of rotatable bonds is 5. The number of hydrogen-bond acceptors (Lipinski definition) is 5. The number of anilines is 1. The Balaban J connectivity index is 1.72. The SMILES string of the molecule is Cc1cc(C)nc(NC(=O)CCOC2CCNCC2)n1. The maximum absolute atomic E-state index is 11.8. The molecule has 0 bridgehead atoms. The van der Waals surface area contributed by atoms with Crippen molar-refractivity contribution in [1.82, 2.24) is 15.3 Å². The molecule has 6 heteroatoms. The van der Waals surface area contributed by atoms with Crippen molar-refractivity contribution >= 4 is 11.9 Å². The largest absolute Gasteiger partial charge is 0.378 e. The summed E-state index contributed by atoms with van der Waals surface area (Å²) in [4.78, 5) is 20.2. The normalized spacial score (nSPS) is 16.1. The lowest BCUT2D eigenvalue weighted by atomic mass is 10.1. The lowest BCUT2D eigenvalue weighted by Crippen LogP contribution is -2.33. The van der Waals surface area contributed by atoms with Gasteiger partial charge in [-0.2, -0.15) is 0 Å². The standard InChI is InChI=1S/C14H22N4O2/c1-10-9-11(2)17-14(16-10)18-13(19)5-8-20-12-3-6-15-7-4-12/h9,12,15H,3-8H2,1-2H3,(H,16,17,18,19). The van der Waals surface area contributed by atoms with Crippen LogP contribution in [-0.4, -0.2) is 41.7 Å². The van der Waals surface area contributed by atoms with Crippen molar-refractivity contribution in [2.45, 2.75) is 39.2 Å². The van der Waals surface area contributed by atoms with Crippen LogP contribution in [0.15, 0.2) is 6.07 Å². The fraction of sp³-hybridized carbons (Fsp3) is 0.643. The molecule has 2 N–H and O–H groups in total. The molecule has 1 aromatic heterocycles. The average Bonchev–Trinajstić information content (AvgIpc) is 2.38. The van der Waals surface area contributed by atoms with E-state index in [0.29, 0.717) is 19.0 Å². The van der Waals surface area contributed by atoms with Crippen molar-refractivity contribution in [1.29, 1.82) is 0 Å². The Bertz CT molecular complexity index is 438. The Hall–Kier alpha value is -1.53. The van der Waals surface area contributed by atoms with E-state index in [1.165, 1.54) is 0 Å². The number of nitrogens with one attached hydrogen (secondary N) is 2. The van der Waals surface area contributed by atoms with E-state index in [4.69, 9.17) is 4.74 Å². The van der Waals surface area contributed by atoms with E-state index in [1.807, 2.05) is 19.9 Å². The van der Waals surface area contributed by atoms with E-state index < -0.39 is 0 Å². The van der Waals surface area contributed by atoms with Gasteiger partial charge in [-0.25, -0.2) is 9.97 Å². The molecule has 0 radical (unpaired) electrons. The van der Waals surface area contributed by atoms with Gasteiger partial charge in [0, 0.05) is 11.4 Å². The average molecular weight is 278 g/mol. The van der Waals surface area contributed by atoms with E-state index in [2.05, 4.69) is 20.6 Å². The molecule has 0 aliphatic carbocycles. The monoisotopic (exact) mass is 278 g/mol. The molecule has 6 nitrogen and oxygen atoms in total. The quantitative estimate of drug-likeness (QED) is 0.846. The molecule has 20 heavy (non-hydrogen) atoms. The number of amides is 1. The summed E-state index contributed by atoms with van der Waals surface area (Å²) in [6.07, 6.45) is 2.64. The topological polar surface area (TPSA) is 76.1 Å². The molecular weight excluding hydrogens is 256 g/mol. The maximum Gasteiger partial charge on any atom is 0.229 e. The first kappa shape index (κ1) is 14.9. The minimum absolute atomic E-state index is 0.107. The van der Waals surface area contributed by atoms with Crippen LogP contribution in [0.25, 0.3) is 0 Å². The van der Waals surface area contributed by atoms with Gasteiger partial charge >= 0.3 is 0 Å². The molecule has 0 spiro atoms. The Labute approximate surface area is 119 Å². The van der Waals surface area contributed by atoms with Crippen LogP contribution in [0.2, 0.25) is 0 Å². The Morgan fingerprint density at radius 2 is 2.00 bits per heavy atom. The Morgan fingerprint density at radius 3 is 2.65 bits per heavy atom. The third-order valence-electron chi connectivity index (χ3n) is 3.20. The summed E-state index contributed by atoms with van der Waals surface area (Å²) in [7, 11) is 0. The molecule has 1 aliphatic heterocycles. The van der Waals surface area contributed by atoms with Gasteiger partial charge in [0.25, 0.3) is 0 Å². The summed E-state index contributed by atoms with van der Waals surface area (Å²) in [5.74, 6) is 0.262. The van der Waals surface area contributed by atoms with Crippen LogP contribution in [0, 0.1) is 13.8 Å². The molecule has 1 aliphatic rings. The fourth-order valence-electron chi connectivity index (χ4n) is 2.25. The summed E-state index contributed by atoms with van der Waals surface area (Å²) >= 11 is 0. The molecule has 0 aromatic carbocycles. The van der Waals surface area contributed by atoms with Crippen LogP contribution in [0.1, 0.15) is 30.7 Å². The van der Waals surface area contributed by atoms with Crippen LogP contribution >= 0.6 is 0 Å². The van der Waals surface area contributed by atoms with Gasteiger partial charge in [-0.05, 0) is 45.8 Å². The lowest BCUT2D eigenvalue weighted by molar-refractivity contribution is -0.117. The highest BCUT2D eigenvalue weighted by Gasteiger charge is 2.14. The second kappa shape index (κ2) is 7.31. The summed E-state index contributed by atoms with van der Waals surface area (Å²) in [6, 6.07) is 1.87. The summed E-state index contributed by atoms with van der Waals surface area (Å²) < 4.78 is 5.70. The predicted octanol–water partition coefficient (Wildman–Crippen LogP) is 1.19. The molecular formula is C14H22N4O2. The van der Waals surface area contributed by atoms with Crippen molar-refractivity contribution < 1.29 is 9.53 Å². The first-order valence-electron chi connectivity index (χ1n) is 7.08. The molecule has 2 rings (SSSR count). The number of piperidine rings is 1. The highest BCUT2D eigenvalue weighted by atomic mass is 16.5. The lowest BCUT2D eigenvalue weighted by Gasteiger charge is -2.22. The molecule has 0 atom stereocenters. The number of aryl methyl sites for hydroxylation is 2. The molecule has 110 valence electrons. The molecule has 1 fully saturated rings. The number of aromatic nitrogens is 2. The third kappa shape index (κ3) is 4.86. The second-order valence-electron chi connectivity index (χ2n) is 5.09. The number of hydrogen-bond donors (Lipinski definition) is 2. The Morgan fingerprint density at radius 1 is 1.35 bits per heavy atom. The van der Waals surface area contributed by atoms with Crippen LogP contribution in [0.3, 0.4) is 0 Å². The second-order valence-corrected chi connectivity index (χ2v) is 5.09. The van der Waals surface area contributed by atoms with Gasteiger partial charge in [0.15, 0.2) is 0 Å². The van der Waals surface area contributed by atoms with Crippen LogP contribution in [0.4, 0.5) is 5.95 Å². The highest BCUT2D eigenvalue weighted by molar-refractivity contribution is 5.88. The minimum atomic E-state index is -0.107. The van der Waals surface area contributed by atoms with Gasteiger partial charge in [0.2, 0.25) is 11.9 Å². The summed E-state index contributed by atoms with van der Waals surface area (Å²) in [5.41, 5.74) is 1.69. The van der Waals surface area contributed by atoms with E-state index in [0.717, 1.165) is 37.3 Å². The molecule has 0 unspecified atom stereocenters. The van der Waals surface area contributed by atoms with Crippen LogP contribution in [0.5, 0.6) is 0 Å². The van der Waals surface area contributed by atoms with Crippen molar-refractivity contribution in [3.05, 3.63) is 17.5 Å². The minimum Gasteiger partial charge on any atom is -0.378 e. The summed E-state index contributed by atoms with van der Waals surface area (Å²) in [6.45, 7) is 6.19. The zero-order valence-electron chi connectivity index (χ0n) is 12.1. The molecule has 1 saturated heterocycles. The van der Waals surface area contributed by atoms with Crippen LogP contribution < -0.4 is 10.6 Å². The van der Waals surface area contributed by atoms with Crippen LogP contribution in [-0.2, 0) is 9.53 Å². The summed E-state index contributed by atoms with van der Waals surface area (Å²) in [5, 5.41) is 5.99. The molecule has 2 heterocycles. The van der Waals surface area contributed by atoms with Gasteiger partial charge in [0.1, 0.15) is 0 Å². The van der Waals surface area contributed by atoms with Gasteiger partial charge < -0.3 is 10.1 Å². The first-order valence-corrected chi connectivity index (χ1v) is 7.08. The number of carbonyl (C=O) groups is 1. The Kier molecular flexibility index (Phi) is 5.43. The molecule has 0 saturated carbocycles. The zero-order chi connectivity index (χ0) is 14.4. The first-order chi connectivity index (χ1) is 9.63. The highest BCUT2D eigenvalue weighted by Crippen LogP contribution is 2.08.